The predicted molar refractivity (Wildman–Crippen MR) is 79.4 cm³/mol. The van der Waals surface area contributed by atoms with Crippen molar-refractivity contribution < 1.29 is 9.13 Å². The van der Waals surface area contributed by atoms with Gasteiger partial charge in [-0.2, -0.15) is 0 Å². The zero-order chi connectivity index (χ0) is 14.4. The Labute approximate surface area is 119 Å². The zero-order valence-electron chi connectivity index (χ0n) is 11.9. The van der Waals surface area contributed by atoms with Crippen LogP contribution in [0.3, 0.4) is 0 Å². The van der Waals surface area contributed by atoms with Gasteiger partial charge < -0.3 is 10.1 Å². The van der Waals surface area contributed by atoms with E-state index in [1.165, 1.54) is 17.7 Å². The summed E-state index contributed by atoms with van der Waals surface area (Å²) in [4.78, 5) is 0. The number of benzene rings is 2. The van der Waals surface area contributed by atoms with Gasteiger partial charge in [0, 0.05) is 12.6 Å². The van der Waals surface area contributed by atoms with E-state index in [0.29, 0.717) is 6.04 Å². The molecule has 0 aromatic heterocycles. The van der Waals surface area contributed by atoms with Crippen molar-refractivity contribution in [3.8, 4) is 5.75 Å². The molecule has 0 fully saturated rings. The maximum absolute atomic E-state index is 12.8. The minimum Gasteiger partial charge on any atom is -0.497 e. The summed E-state index contributed by atoms with van der Waals surface area (Å²) in [6.07, 6.45) is 0.950. The molecule has 106 valence electrons. The largest absolute Gasteiger partial charge is 0.497 e. The van der Waals surface area contributed by atoms with Crippen LogP contribution in [0.4, 0.5) is 4.39 Å². The predicted octanol–water partition coefficient (Wildman–Crippen LogP) is 3.56. The van der Waals surface area contributed by atoms with Gasteiger partial charge >= 0.3 is 0 Å². The van der Waals surface area contributed by atoms with E-state index in [4.69, 9.17) is 4.74 Å². The molecule has 0 radical (unpaired) electrons. The molecule has 0 aliphatic rings. The molecular formula is C17H20FNO. The number of ether oxygens (including phenoxy) is 1. The summed E-state index contributed by atoms with van der Waals surface area (Å²) in [7, 11) is 1.67. The molecule has 0 spiro atoms. The van der Waals surface area contributed by atoms with Gasteiger partial charge in [0.25, 0.3) is 0 Å². The van der Waals surface area contributed by atoms with Crippen molar-refractivity contribution in [2.45, 2.75) is 25.9 Å². The fraction of sp³-hybridized carbons (Fsp3) is 0.294. The van der Waals surface area contributed by atoms with Crippen molar-refractivity contribution in [1.82, 2.24) is 5.32 Å². The van der Waals surface area contributed by atoms with Gasteiger partial charge in [0.05, 0.1) is 7.11 Å². The van der Waals surface area contributed by atoms with E-state index in [1.54, 1.807) is 7.11 Å². The first-order valence-electron chi connectivity index (χ1n) is 6.78. The molecule has 2 aromatic rings. The molecule has 0 heterocycles. The molecule has 20 heavy (non-hydrogen) atoms. The quantitative estimate of drug-likeness (QED) is 0.869. The number of hydrogen-bond donors (Lipinski definition) is 1. The van der Waals surface area contributed by atoms with Crippen LogP contribution < -0.4 is 10.1 Å². The Kier molecular flexibility index (Phi) is 5.13. The lowest BCUT2D eigenvalue weighted by Crippen LogP contribution is -2.27. The summed E-state index contributed by atoms with van der Waals surface area (Å²) < 4.78 is 17.9. The first-order valence-corrected chi connectivity index (χ1v) is 6.78. The first-order chi connectivity index (χ1) is 9.67. The van der Waals surface area contributed by atoms with Gasteiger partial charge in [-0.1, -0.05) is 24.3 Å². The number of hydrogen-bond acceptors (Lipinski definition) is 2. The normalized spacial score (nSPS) is 12.2. The van der Waals surface area contributed by atoms with Crippen LogP contribution in [0.2, 0.25) is 0 Å². The second-order valence-electron chi connectivity index (χ2n) is 4.96. The van der Waals surface area contributed by atoms with Crippen molar-refractivity contribution in [2.24, 2.45) is 0 Å². The van der Waals surface area contributed by atoms with E-state index < -0.39 is 0 Å². The Bertz CT molecular complexity index is 522. The van der Waals surface area contributed by atoms with Gasteiger partial charge in [0.15, 0.2) is 0 Å². The first kappa shape index (κ1) is 14.5. The molecule has 1 N–H and O–H groups in total. The Morgan fingerprint density at radius 1 is 1.00 bits per heavy atom. The summed E-state index contributed by atoms with van der Waals surface area (Å²) in [5.41, 5.74) is 2.36. The third-order valence-electron chi connectivity index (χ3n) is 3.27. The number of nitrogens with one attached hydrogen (secondary N) is 1. The van der Waals surface area contributed by atoms with Crippen LogP contribution >= 0.6 is 0 Å². The van der Waals surface area contributed by atoms with Crippen molar-refractivity contribution in [3.05, 3.63) is 65.5 Å². The lowest BCUT2D eigenvalue weighted by Gasteiger charge is -2.14. The van der Waals surface area contributed by atoms with Gasteiger partial charge in [-0.25, -0.2) is 4.39 Å². The highest BCUT2D eigenvalue weighted by molar-refractivity contribution is 5.27. The lowest BCUT2D eigenvalue weighted by molar-refractivity contribution is 0.414. The molecule has 0 aliphatic heterocycles. The second-order valence-corrected chi connectivity index (χ2v) is 4.96. The van der Waals surface area contributed by atoms with E-state index in [2.05, 4.69) is 24.4 Å². The number of halogens is 1. The van der Waals surface area contributed by atoms with E-state index in [1.807, 2.05) is 24.3 Å². The molecule has 0 bridgehead atoms. The maximum atomic E-state index is 12.8. The summed E-state index contributed by atoms with van der Waals surface area (Å²) >= 11 is 0. The standard InChI is InChI=1S/C17H20FNO/c1-13(11-14-5-9-17(20-2)10-6-14)19-12-15-3-7-16(18)8-4-15/h3-10,13,19H,11-12H2,1-2H3/t13-/m0/s1. The molecule has 2 rings (SSSR count). The van der Waals surface area contributed by atoms with Crippen LogP contribution in [0.5, 0.6) is 5.75 Å². The fourth-order valence-corrected chi connectivity index (χ4v) is 2.08. The Morgan fingerprint density at radius 3 is 2.20 bits per heavy atom. The van der Waals surface area contributed by atoms with Crippen molar-refractivity contribution in [2.75, 3.05) is 7.11 Å². The molecule has 1 atom stereocenters. The van der Waals surface area contributed by atoms with Crippen molar-refractivity contribution >= 4 is 0 Å². The fourth-order valence-electron chi connectivity index (χ4n) is 2.08. The molecule has 2 aromatic carbocycles. The molecular weight excluding hydrogens is 253 g/mol. The minimum absolute atomic E-state index is 0.194. The van der Waals surface area contributed by atoms with Gasteiger partial charge in [0.2, 0.25) is 0 Å². The van der Waals surface area contributed by atoms with Crippen LogP contribution in [0, 0.1) is 5.82 Å². The van der Waals surface area contributed by atoms with Crippen LogP contribution in [-0.2, 0) is 13.0 Å². The van der Waals surface area contributed by atoms with E-state index >= 15 is 0 Å². The maximum Gasteiger partial charge on any atom is 0.123 e. The molecule has 0 amide bonds. The Morgan fingerprint density at radius 2 is 1.60 bits per heavy atom. The van der Waals surface area contributed by atoms with Crippen LogP contribution in [-0.4, -0.2) is 13.2 Å². The molecule has 3 heteroatoms. The highest BCUT2D eigenvalue weighted by Gasteiger charge is 2.04. The Balaban J connectivity index is 1.82. The number of methoxy groups -OCH3 is 1. The van der Waals surface area contributed by atoms with Crippen LogP contribution in [0.1, 0.15) is 18.1 Å². The number of rotatable bonds is 6. The average molecular weight is 273 g/mol. The topological polar surface area (TPSA) is 21.3 Å². The van der Waals surface area contributed by atoms with Gasteiger partial charge in [-0.15, -0.1) is 0 Å². The highest BCUT2D eigenvalue weighted by atomic mass is 19.1. The van der Waals surface area contributed by atoms with Crippen LogP contribution in [0.25, 0.3) is 0 Å². The van der Waals surface area contributed by atoms with E-state index in [9.17, 15) is 4.39 Å². The molecule has 0 saturated heterocycles. The molecule has 2 nitrogen and oxygen atoms in total. The van der Waals surface area contributed by atoms with E-state index in [0.717, 1.165) is 24.3 Å². The summed E-state index contributed by atoms with van der Waals surface area (Å²) in [5.74, 6) is 0.681. The van der Waals surface area contributed by atoms with Gasteiger partial charge in [0.1, 0.15) is 11.6 Å². The average Bonchev–Trinajstić information content (AvgIpc) is 2.47. The Hall–Kier alpha value is -1.87. The third-order valence-corrected chi connectivity index (χ3v) is 3.27. The molecule has 0 saturated carbocycles. The summed E-state index contributed by atoms with van der Waals surface area (Å²) in [6, 6.07) is 15.1. The lowest BCUT2D eigenvalue weighted by atomic mass is 10.1. The molecule has 0 unspecified atom stereocenters. The van der Waals surface area contributed by atoms with Gasteiger partial charge in [-0.05, 0) is 48.7 Å². The SMILES string of the molecule is COc1ccc(C[C@H](C)NCc2ccc(F)cc2)cc1. The zero-order valence-corrected chi connectivity index (χ0v) is 11.9. The minimum atomic E-state index is -0.194. The van der Waals surface area contributed by atoms with Crippen LogP contribution in [0.15, 0.2) is 48.5 Å². The smallest absolute Gasteiger partial charge is 0.123 e. The second kappa shape index (κ2) is 7.06. The van der Waals surface area contributed by atoms with Gasteiger partial charge in [-0.3, -0.25) is 0 Å². The third kappa shape index (κ3) is 4.35. The highest BCUT2D eigenvalue weighted by Crippen LogP contribution is 2.13. The van der Waals surface area contributed by atoms with Crippen molar-refractivity contribution in [3.63, 3.8) is 0 Å². The summed E-state index contributed by atoms with van der Waals surface area (Å²) in [6.45, 7) is 2.89. The van der Waals surface area contributed by atoms with E-state index in [-0.39, 0.29) is 5.82 Å². The monoisotopic (exact) mass is 273 g/mol. The summed E-state index contributed by atoms with van der Waals surface area (Å²) in [5, 5.41) is 3.44. The van der Waals surface area contributed by atoms with Crippen molar-refractivity contribution in [1.29, 1.82) is 0 Å². The molecule has 0 aliphatic carbocycles.